The molecule has 3 aromatic rings. The zero-order valence-electron chi connectivity index (χ0n) is 20.0. The molecule has 0 aliphatic heterocycles. The molecule has 7 nitrogen and oxygen atoms in total. The standard InChI is InChI=1S/C26H27F3IN5O2/c1-32-11-21(15-6-16(27)10-17(30)7-15)35-26(37)18-4-2-14(9-19(18)28)24-25(31)33-12-22(34-24)13-3-5-23(36)20(29)8-13/h2,4,6-7,9-10,12-13,20-21,23,32,36H,3,5,8,11H2,1H3,(H2,31,33)(H,35,37)/t13-,20-,21?,23-/m1/s1. The van der Waals surface area contributed by atoms with Gasteiger partial charge in [0.25, 0.3) is 5.91 Å². The minimum absolute atomic E-state index is 0.0720. The fourth-order valence-corrected chi connectivity index (χ4v) is 5.16. The number of rotatable bonds is 7. The van der Waals surface area contributed by atoms with Crippen molar-refractivity contribution in [2.24, 2.45) is 0 Å². The minimum Gasteiger partial charge on any atom is -0.390 e. The van der Waals surface area contributed by atoms with Gasteiger partial charge < -0.3 is 21.5 Å². The highest BCUT2D eigenvalue weighted by atomic mass is 127. The summed E-state index contributed by atoms with van der Waals surface area (Å²) >= 11 is 1.99. The lowest BCUT2D eigenvalue weighted by molar-refractivity contribution is 0.0363. The third-order valence-corrected chi connectivity index (χ3v) is 7.09. The molecule has 0 saturated heterocycles. The van der Waals surface area contributed by atoms with Crippen molar-refractivity contribution >= 4 is 34.3 Å². The van der Waals surface area contributed by atoms with Crippen LogP contribution in [0.4, 0.5) is 19.0 Å². The summed E-state index contributed by atoms with van der Waals surface area (Å²) in [6.45, 7) is 0.307. The van der Waals surface area contributed by atoms with Crippen LogP contribution in [0.25, 0.3) is 11.3 Å². The molecular weight excluding hydrogens is 598 g/mol. The zero-order valence-corrected chi connectivity index (χ0v) is 22.2. The Morgan fingerprint density at radius 1 is 1.24 bits per heavy atom. The molecule has 1 heterocycles. The Morgan fingerprint density at radius 2 is 2.03 bits per heavy atom. The van der Waals surface area contributed by atoms with Gasteiger partial charge in [-0.15, -0.1) is 0 Å². The number of nitrogens with one attached hydrogen (secondary N) is 2. The van der Waals surface area contributed by atoms with Crippen molar-refractivity contribution in [1.29, 1.82) is 0 Å². The van der Waals surface area contributed by atoms with E-state index in [2.05, 4.69) is 20.6 Å². The molecule has 11 heteroatoms. The summed E-state index contributed by atoms with van der Waals surface area (Å²) in [6.07, 6.45) is 0.119. The van der Waals surface area contributed by atoms with E-state index in [0.717, 1.165) is 6.07 Å². The molecule has 1 amide bonds. The lowest BCUT2D eigenvalue weighted by atomic mass is 9.84. The van der Waals surface area contributed by atoms with Crippen molar-refractivity contribution in [2.45, 2.75) is 43.5 Å². The van der Waals surface area contributed by atoms with Gasteiger partial charge in [0.1, 0.15) is 29.3 Å². The maximum atomic E-state index is 15.1. The van der Waals surface area contributed by atoms with E-state index in [4.69, 9.17) is 5.73 Å². The SMILES string of the molecule is CNCC(NC(=O)c1ccc(-c2nc([C@@H]3CC[C@@H](O)[C@H](F)C3)cnc2N)cc1F)c1cc(F)cc(I)c1. The van der Waals surface area contributed by atoms with Crippen molar-refractivity contribution in [3.05, 3.63) is 74.6 Å². The molecule has 4 atom stereocenters. The largest absolute Gasteiger partial charge is 0.390 e. The smallest absolute Gasteiger partial charge is 0.254 e. The van der Waals surface area contributed by atoms with E-state index in [-0.39, 0.29) is 29.4 Å². The Bertz CT molecular complexity index is 1270. The molecule has 5 N–H and O–H groups in total. The first-order chi connectivity index (χ1) is 17.7. The lowest BCUT2D eigenvalue weighted by Gasteiger charge is -2.28. The van der Waals surface area contributed by atoms with Crippen molar-refractivity contribution < 1.29 is 23.1 Å². The third kappa shape index (κ3) is 6.39. The molecule has 4 rings (SSSR count). The number of alkyl halides is 1. The number of nitrogens with zero attached hydrogens (tertiary/aromatic N) is 2. The Labute approximate surface area is 226 Å². The molecule has 1 unspecified atom stereocenters. The Balaban J connectivity index is 1.56. The maximum absolute atomic E-state index is 15.1. The second-order valence-electron chi connectivity index (χ2n) is 9.10. The van der Waals surface area contributed by atoms with Crippen LogP contribution in [0.3, 0.4) is 0 Å². The molecule has 37 heavy (non-hydrogen) atoms. The van der Waals surface area contributed by atoms with Crippen LogP contribution in [0.15, 0.2) is 42.6 Å². The van der Waals surface area contributed by atoms with Gasteiger partial charge in [-0.2, -0.15) is 0 Å². The highest BCUT2D eigenvalue weighted by Gasteiger charge is 2.31. The maximum Gasteiger partial charge on any atom is 0.254 e. The zero-order chi connectivity index (χ0) is 26.7. The summed E-state index contributed by atoms with van der Waals surface area (Å²) in [7, 11) is 1.70. The Hall–Kier alpha value is -2.77. The highest BCUT2D eigenvalue weighted by Crippen LogP contribution is 2.35. The van der Waals surface area contributed by atoms with Gasteiger partial charge in [0.05, 0.1) is 29.6 Å². The normalized spacial score (nSPS) is 20.4. The van der Waals surface area contributed by atoms with E-state index in [0.29, 0.717) is 39.8 Å². The number of carbonyl (C=O) groups is 1. The molecule has 1 saturated carbocycles. The van der Waals surface area contributed by atoms with Gasteiger partial charge in [-0.3, -0.25) is 4.79 Å². The lowest BCUT2D eigenvalue weighted by Crippen LogP contribution is -2.35. The predicted octanol–water partition coefficient (Wildman–Crippen LogP) is 4.27. The monoisotopic (exact) mass is 625 g/mol. The number of nitrogen functional groups attached to an aromatic ring is 1. The average Bonchev–Trinajstić information content (AvgIpc) is 2.85. The van der Waals surface area contributed by atoms with E-state index < -0.39 is 35.9 Å². The van der Waals surface area contributed by atoms with Crippen molar-refractivity contribution in [1.82, 2.24) is 20.6 Å². The van der Waals surface area contributed by atoms with E-state index >= 15 is 4.39 Å². The van der Waals surface area contributed by atoms with Gasteiger partial charge in [0, 0.05) is 21.6 Å². The number of aliphatic hydroxyl groups is 1. The van der Waals surface area contributed by atoms with Gasteiger partial charge in [0.15, 0.2) is 0 Å². The number of halogens is 4. The van der Waals surface area contributed by atoms with E-state index in [1.165, 1.54) is 30.5 Å². The van der Waals surface area contributed by atoms with Crippen molar-refractivity contribution in [3.8, 4) is 11.3 Å². The summed E-state index contributed by atoms with van der Waals surface area (Å²) in [5, 5.41) is 15.4. The number of aromatic nitrogens is 2. The quantitative estimate of drug-likeness (QED) is 0.292. The van der Waals surface area contributed by atoms with Crippen molar-refractivity contribution in [3.63, 3.8) is 0 Å². The molecule has 0 radical (unpaired) electrons. The Morgan fingerprint density at radius 3 is 2.70 bits per heavy atom. The summed E-state index contributed by atoms with van der Waals surface area (Å²) < 4.78 is 43.8. The molecule has 196 valence electrons. The van der Waals surface area contributed by atoms with E-state index in [1.54, 1.807) is 13.1 Å². The number of hydrogen-bond donors (Lipinski definition) is 4. The van der Waals surface area contributed by atoms with E-state index in [1.807, 2.05) is 22.6 Å². The number of nitrogens with two attached hydrogens (primary N) is 1. The molecule has 0 bridgehead atoms. The molecule has 1 aliphatic rings. The fourth-order valence-electron chi connectivity index (χ4n) is 4.50. The molecule has 1 aliphatic carbocycles. The van der Waals surface area contributed by atoms with E-state index in [9.17, 15) is 18.7 Å². The van der Waals surface area contributed by atoms with Crippen LogP contribution in [0, 0.1) is 15.2 Å². The van der Waals surface area contributed by atoms with Crippen LogP contribution in [0.5, 0.6) is 0 Å². The number of aliphatic hydroxyl groups excluding tert-OH is 1. The van der Waals surface area contributed by atoms with Crippen LogP contribution in [0.1, 0.15) is 52.8 Å². The second kappa shape index (κ2) is 11.7. The topological polar surface area (TPSA) is 113 Å². The number of anilines is 1. The number of hydrogen-bond acceptors (Lipinski definition) is 6. The summed E-state index contributed by atoms with van der Waals surface area (Å²) in [6, 6.07) is 7.86. The van der Waals surface area contributed by atoms with Gasteiger partial charge in [-0.1, -0.05) is 6.07 Å². The second-order valence-corrected chi connectivity index (χ2v) is 10.3. The molecule has 2 aromatic carbocycles. The molecule has 0 spiro atoms. The van der Waals surface area contributed by atoms with Crippen LogP contribution < -0.4 is 16.4 Å². The third-order valence-electron chi connectivity index (χ3n) is 6.46. The average molecular weight is 625 g/mol. The minimum atomic E-state index is -1.35. The summed E-state index contributed by atoms with van der Waals surface area (Å²) in [5.41, 5.74) is 7.43. The summed E-state index contributed by atoms with van der Waals surface area (Å²) in [5.74, 6) is -2.05. The first-order valence-electron chi connectivity index (χ1n) is 11.8. The number of likely N-dealkylation sites (N-methyl/N-ethyl adjacent to an activating group) is 1. The summed E-state index contributed by atoms with van der Waals surface area (Å²) in [4.78, 5) is 21.6. The van der Waals surface area contributed by atoms with Crippen LogP contribution in [-0.4, -0.2) is 46.8 Å². The number of amides is 1. The fraction of sp³-hybridized carbons (Fsp3) is 0.346. The van der Waals surface area contributed by atoms with Gasteiger partial charge >= 0.3 is 0 Å². The Kier molecular flexibility index (Phi) is 8.65. The van der Waals surface area contributed by atoms with Gasteiger partial charge in [0.2, 0.25) is 0 Å². The molecular formula is C26H27F3IN5O2. The molecule has 1 fully saturated rings. The van der Waals surface area contributed by atoms with Crippen LogP contribution >= 0.6 is 22.6 Å². The predicted molar refractivity (Wildman–Crippen MR) is 143 cm³/mol. The molecule has 1 aromatic heterocycles. The van der Waals surface area contributed by atoms with Gasteiger partial charge in [-0.25, -0.2) is 23.1 Å². The first-order valence-corrected chi connectivity index (χ1v) is 12.9. The van der Waals surface area contributed by atoms with Crippen LogP contribution in [0.2, 0.25) is 0 Å². The van der Waals surface area contributed by atoms with Gasteiger partial charge in [-0.05, 0) is 84.8 Å². The number of benzene rings is 2. The first kappa shape index (κ1) is 27.3. The van der Waals surface area contributed by atoms with Crippen LogP contribution in [-0.2, 0) is 0 Å². The van der Waals surface area contributed by atoms with Crippen molar-refractivity contribution in [2.75, 3.05) is 19.3 Å². The highest BCUT2D eigenvalue weighted by molar-refractivity contribution is 14.1. The number of carbonyl (C=O) groups excluding carboxylic acids is 1.